The summed E-state index contributed by atoms with van der Waals surface area (Å²) < 4.78 is 35.0. The summed E-state index contributed by atoms with van der Waals surface area (Å²) in [5.74, 6) is 0. The molecule has 0 spiro atoms. The maximum absolute atomic E-state index is 12.0. The van der Waals surface area contributed by atoms with E-state index in [0.717, 1.165) is 6.08 Å². The van der Waals surface area contributed by atoms with E-state index in [2.05, 4.69) is 6.58 Å². The smallest absolute Gasteiger partial charge is 0.324 e. The average Bonchev–Trinajstić information content (AvgIpc) is 2.02. The molecule has 2 N–H and O–H groups in total. The Kier molecular flexibility index (Phi) is 4.75. The third-order valence-corrected chi connectivity index (χ3v) is 3.80. The molecule has 0 aliphatic heterocycles. The zero-order valence-electron chi connectivity index (χ0n) is 7.12. The van der Waals surface area contributed by atoms with Gasteiger partial charge in [0.1, 0.15) is 0 Å². The Labute approximate surface area is 75.6 Å². The number of rotatable bonds is 6. The van der Waals surface area contributed by atoms with E-state index in [1.165, 1.54) is 0 Å². The molecule has 0 heterocycles. The van der Waals surface area contributed by atoms with Gasteiger partial charge < -0.3 is 9.79 Å². The molecule has 0 aromatic heterocycles. The van der Waals surface area contributed by atoms with E-state index >= 15 is 0 Å². The number of hydrogen-bond acceptors (Lipinski definition) is 1. The minimum atomic E-state index is -4.54. The Hall–Kier alpha value is -0.250. The number of hydrogen-bond donors (Lipinski definition) is 2. The van der Waals surface area contributed by atoms with Crippen LogP contribution in [0.15, 0.2) is 12.7 Å². The van der Waals surface area contributed by atoms with E-state index in [1.807, 2.05) is 0 Å². The van der Waals surface area contributed by atoms with Crippen molar-refractivity contribution >= 4 is 7.60 Å². The lowest BCUT2D eigenvalue weighted by atomic mass is 10.0. The largest absolute Gasteiger partial charge is 0.335 e. The molecule has 0 rings (SSSR count). The van der Waals surface area contributed by atoms with Crippen LogP contribution < -0.4 is 0 Å². The van der Waals surface area contributed by atoms with Crippen LogP contribution in [-0.4, -0.2) is 28.3 Å². The molecule has 0 bridgehead atoms. The van der Waals surface area contributed by atoms with Gasteiger partial charge in [-0.25, -0.2) is 0 Å². The molecule has 0 saturated heterocycles. The Morgan fingerprint density at radius 2 is 1.69 bits per heavy atom. The van der Waals surface area contributed by atoms with Crippen LogP contribution in [0, 0.1) is 0 Å². The molecule has 0 fully saturated rings. The van der Waals surface area contributed by atoms with Gasteiger partial charge in [-0.15, -0.1) is 6.58 Å². The standard InChI is InChI=1S/C7H13F2O3P/c1-2-7(3-5-8,4-6-9)13(10,11)12/h2H,1,3-6H2,(H2,10,11,12). The highest BCUT2D eigenvalue weighted by molar-refractivity contribution is 7.53. The van der Waals surface area contributed by atoms with Crippen molar-refractivity contribution in [2.75, 3.05) is 13.3 Å². The minimum absolute atomic E-state index is 0.398. The first-order valence-corrected chi connectivity index (χ1v) is 5.36. The lowest BCUT2D eigenvalue weighted by Gasteiger charge is -2.29. The van der Waals surface area contributed by atoms with Crippen molar-refractivity contribution in [2.24, 2.45) is 0 Å². The van der Waals surface area contributed by atoms with Gasteiger partial charge in [-0.05, 0) is 12.8 Å². The second-order valence-electron chi connectivity index (χ2n) is 2.73. The number of allylic oxidation sites excluding steroid dienone is 1. The van der Waals surface area contributed by atoms with E-state index in [1.54, 1.807) is 0 Å². The van der Waals surface area contributed by atoms with Crippen molar-refractivity contribution in [1.29, 1.82) is 0 Å². The van der Waals surface area contributed by atoms with Crippen molar-refractivity contribution in [3.05, 3.63) is 12.7 Å². The first kappa shape index (κ1) is 12.8. The fourth-order valence-electron chi connectivity index (χ4n) is 1.07. The molecule has 0 atom stereocenters. The molecule has 0 aliphatic rings. The van der Waals surface area contributed by atoms with Crippen LogP contribution in [0.3, 0.4) is 0 Å². The monoisotopic (exact) mass is 214 g/mol. The Morgan fingerprint density at radius 1 is 1.31 bits per heavy atom. The van der Waals surface area contributed by atoms with Crippen molar-refractivity contribution in [2.45, 2.75) is 18.0 Å². The van der Waals surface area contributed by atoms with Gasteiger partial charge in [-0.3, -0.25) is 13.3 Å². The topological polar surface area (TPSA) is 57.5 Å². The first-order chi connectivity index (χ1) is 5.93. The lowest BCUT2D eigenvalue weighted by molar-refractivity contribution is 0.300. The van der Waals surface area contributed by atoms with Crippen molar-refractivity contribution in [1.82, 2.24) is 0 Å². The van der Waals surface area contributed by atoms with Gasteiger partial charge in [-0.1, -0.05) is 6.08 Å². The van der Waals surface area contributed by atoms with Crippen molar-refractivity contribution < 1.29 is 23.1 Å². The Balaban J connectivity index is 4.86. The molecule has 0 aromatic rings. The molecule has 6 heteroatoms. The normalized spacial score (nSPS) is 12.9. The van der Waals surface area contributed by atoms with Crippen LogP contribution in [0.25, 0.3) is 0 Å². The predicted molar refractivity (Wildman–Crippen MR) is 46.2 cm³/mol. The zero-order chi connectivity index (χ0) is 10.5. The molecule has 13 heavy (non-hydrogen) atoms. The van der Waals surface area contributed by atoms with E-state index in [4.69, 9.17) is 9.79 Å². The predicted octanol–water partition coefficient (Wildman–Crippen LogP) is 1.81. The summed E-state index contributed by atoms with van der Waals surface area (Å²) in [5, 5.41) is -1.74. The van der Waals surface area contributed by atoms with E-state index < -0.39 is 38.9 Å². The second-order valence-corrected chi connectivity index (χ2v) is 4.71. The fraction of sp³-hybridized carbons (Fsp3) is 0.714. The summed E-state index contributed by atoms with van der Waals surface area (Å²) in [7, 11) is -4.54. The summed E-state index contributed by atoms with van der Waals surface area (Å²) in [6.07, 6.45) is 0.155. The van der Waals surface area contributed by atoms with Crippen molar-refractivity contribution in [3.63, 3.8) is 0 Å². The average molecular weight is 214 g/mol. The molecule has 0 saturated carbocycles. The molecule has 0 amide bonds. The molecular formula is C7H13F2O3P. The quantitative estimate of drug-likeness (QED) is 0.523. The summed E-state index contributed by atoms with van der Waals surface area (Å²) in [6, 6.07) is 0. The molecule has 0 aromatic carbocycles. The highest BCUT2D eigenvalue weighted by Crippen LogP contribution is 2.55. The molecular weight excluding hydrogens is 201 g/mol. The van der Waals surface area contributed by atoms with Gasteiger partial charge in [0.2, 0.25) is 0 Å². The summed E-state index contributed by atoms with van der Waals surface area (Å²) in [5.41, 5.74) is 0. The SMILES string of the molecule is C=CC(CCF)(CCF)P(=O)(O)O. The first-order valence-electron chi connectivity index (χ1n) is 3.74. The van der Waals surface area contributed by atoms with Crippen LogP contribution in [0.2, 0.25) is 0 Å². The third kappa shape index (κ3) is 2.86. The maximum Gasteiger partial charge on any atom is 0.335 e. The number of halogens is 2. The Bertz CT molecular complexity index is 208. The van der Waals surface area contributed by atoms with E-state index in [0.29, 0.717) is 0 Å². The molecule has 0 radical (unpaired) electrons. The van der Waals surface area contributed by atoms with Gasteiger partial charge in [0.05, 0.1) is 18.5 Å². The van der Waals surface area contributed by atoms with Gasteiger partial charge in [0.25, 0.3) is 0 Å². The lowest BCUT2D eigenvalue weighted by Crippen LogP contribution is -2.27. The summed E-state index contributed by atoms with van der Waals surface area (Å²) >= 11 is 0. The highest BCUT2D eigenvalue weighted by Gasteiger charge is 2.43. The fourth-order valence-corrected chi connectivity index (χ4v) is 2.06. The molecule has 78 valence electrons. The molecule has 3 nitrogen and oxygen atoms in total. The van der Waals surface area contributed by atoms with Crippen LogP contribution in [0.5, 0.6) is 0 Å². The second kappa shape index (κ2) is 4.84. The van der Waals surface area contributed by atoms with Crippen LogP contribution in [0.1, 0.15) is 12.8 Å². The van der Waals surface area contributed by atoms with Gasteiger partial charge in [-0.2, -0.15) is 0 Å². The Morgan fingerprint density at radius 3 is 1.85 bits per heavy atom. The summed E-state index contributed by atoms with van der Waals surface area (Å²) in [4.78, 5) is 17.8. The van der Waals surface area contributed by atoms with Crippen LogP contribution >= 0.6 is 7.60 Å². The molecule has 0 aliphatic carbocycles. The summed E-state index contributed by atoms with van der Waals surface area (Å²) in [6.45, 7) is 1.40. The van der Waals surface area contributed by atoms with Gasteiger partial charge in [0, 0.05) is 0 Å². The molecule has 0 unspecified atom stereocenters. The number of alkyl halides is 2. The van der Waals surface area contributed by atoms with Gasteiger partial charge >= 0.3 is 7.60 Å². The highest BCUT2D eigenvalue weighted by atomic mass is 31.2. The third-order valence-electron chi connectivity index (χ3n) is 2.01. The van der Waals surface area contributed by atoms with Crippen LogP contribution in [-0.2, 0) is 4.57 Å². The van der Waals surface area contributed by atoms with Crippen LogP contribution in [0.4, 0.5) is 8.78 Å². The van der Waals surface area contributed by atoms with Crippen molar-refractivity contribution in [3.8, 4) is 0 Å². The zero-order valence-corrected chi connectivity index (χ0v) is 8.01. The van der Waals surface area contributed by atoms with E-state index in [-0.39, 0.29) is 0 Å². The minimum Gasteiger partial charge on any atom is -0.324 e. The van der Waals surface area contributed by atoms with E-state index in [9.17, 15) is 13.3 Å². The maximum atomic E-state index is 12.0. The van der Waals surface area contributed by atoms with Gasteiger partial charge in [0.15, 0.2) is 0 Å².